The van der Waals surface area contributed by atoms with Crippen molar-refractivity contribution in [3.05, 3.63) is 102 Å². The number of carbonyl (C=O) groups is 1. The molecule has 0 aromatic heterocycles. The fraction of sp³-hybridized carbons (Fsp3) is 0.0476. The van der Waals surface area contributed by atoms with Crippen molar-refractivity contribution in [3.8, 4) is 5.75 Å². The third-order valence-corrected chi connectivity index (χ3v) is 4.36. The van der Waals surface area contributed by atoms with E-state index in [1.54, 1.807) is 24.3 Å². The van der Waals surface area contributed by atoms with E-state index < -0.39 is 5.54 Å². The molecule has 3 aromatic rings. The van der Waals surface area contributed by atoms with E-state index in [9.17, 15) is 9.90 Å². The fourth-order valence-corrected chi connectivity index (χ4v) is 3.12. The highest BCUT2D eigenvalue weighted by Crippen LogP contribution is 2.37. The number of rotatable bonds is 3. The Morgan fingerprint density at radius 2 is 1.28 bits per heavy atom. The maximum Gasteiger partial charge on any atom is 0.262 e. The molecular weight excluding hydrogens is 312 g/mol. The third kappa shape index (κ3) is 2.48. The summed E-state index contributed by atoms with van der Waals surface area (Å²) < 4.78 is 0. The fourth-order valence-electron chi connectivity index (χ4n) is 3.12. The number of nitrogens with one attached hydrogen (secondary N) is 1. The van der Waals surface area contributed by atoms with Gasteiger partial charge in [0.2, 0.25) is 0 Å². The normalized spacial score (nSPS) is 15.5. The summed E-state index contributed by atoms with van der Waals surface area (Å²) >= 11 is 0. The van der Waals surface area contributed by atoms with E-state index in [1.165, 1.54) is 0 Å². The molecule has 25 heavy (non-hydrogen) atoms. The summed E-state index contributed by atoms with van der Waals surface area (Å²) in [5, 5.41) is 12.4. The predicted molar refractivity (Wildman–Crippen MR) is 96.5 cm³/mol. The van der Waals surface area contributed by atoms with Crippen LogP contribution in [-0.2, 0) is 10.3 Å². The van der Waals surface area contributed by atoms with Crippen LogP contribution in [-0.4, -0.2) is 16.8 Å². The van der Waals surface area contributed by atoms with Crippen molar-refractivity contribution in [3.63, 3.8) is 0 Å². The molecular formula is C21H16N2O2. The van der Waals surface area contributed by atoms with Gasteiger partial charge >= 0.3 is 0 Å². The molecule has 3 aromatic carbocycles. The standard InChI is InChI=1S/C21H16N2O2/c24-18-13-11-15(12-14-18)19-22-20(25)21(23-19,16-7-3-1-4-8-16)17-9-5-2-6-10-17/h1-14,24H,(H,22,23,25). The Kier molecular flexibility index (Phi) is 3.58. The number of amidine groups is 1. The first-order chi connectivity index (χ1) is 12.2. The molecule has 1 amide bonds. The van der Waals surface area contributed by atoms with Gasteiger partial charge in [0.05, 0.1) is 0 Å². The van der Waals surface area contributed by atoms with Crippen LogP contribution in [0.5, 0.6) is 5.75 Å². The third-order valence-electron chi connectivity index (χ3n) is 4.36. The minimum atomic E-state index is -1.12. The maximum atomic E-state index is 13.1. The highest BCUT2D eigenvalue weighted by Gasteiger charge is 2.46. The molecule has 2 N–H and O–H groups in total. The van der Waals surface area contributed by atoms with Gasteiger partial charge in [-0.15, -0.1) is 0 Å². The Bertz CT molecular complexity index is 893. The molecule has 4 rings (SSSR count). The number of hydrogen-bond donors (Lipinski definition) is 2. The first-order valence-electron chi connectivity index (χ1n) is 8.02. The van der Waals surface area contributed by atoms with Gasteiger partial charge in [-0.05, 0) is 35.4 Å². The van der Waals surface area contributed by atoms with Crippen LogP contribution in [0.3, 0.4) is 0 Å². The lowest BCUT2D eigenvalue weighted by atomic mass is 9.83. The molecule has 0 aliphatic carbocycles. The monoisotopic (exact) mass is 328 g/mol. The summed E-state index contributed by atoms with van der Waals surface area (Å²) in [5.74, 6) is 0.483. The number of nitrogens with zero attached hydrogens (tertiary/aromatic N) is 1. The topological polar surface area (TPSA) is 61.7 Å². The van der Waals surface area contributed by atoms with Crippen molar-refractivity contribution >= 4 is 11.7 Å². The molecule has 0 saturated carbocycles. The van der Waals surface area contributed by atoms with Gasteiger partial charge in [0, 0.05) is 5.56 Å². The number of phenolic OH excluding ortho intramolecular Hbond substituents is 1. The van der Waals surface area contributed by atoms with Crippen molar-refractivity contribution in [2.75, 3.05) is 0 Å². The van der Waals surface area contributed by atoms with E-state index in [4.69, 9.17) is 4.99 Å². The Labute approximate surface area is 145 Å². The Morgan fingerprint density at radius 3 is 1.80 bits per heavy atom. The average Bonchev–Trinajstić information content (AvgIpc) is 3.02. The summed E-state index contributed by atoms with van der Waals surface area (Å²) in [6.45, 7) is 0. The van der Waals surface area contributed by atoms with E-state index >= 15 is 0 Å². The minimum absolute atomic E-state index is 0.172. The van der Waals surface area contributed by atoms with Crippen LogP contribution in [0.4, 0.5) is 0 Å². The van der Waals surface area contributed by atoms with Crippen molar-refractivity contribution < 1.29 is 9.90 Å². The van der Waals surface area contributed by atoms with E-state index in [1.807, 2.05) is 60.7 Å². The number of aromatic hydroxyl groups is 1. The summed E-state index contributed by atoms with van der Waals surface area (Å²) in [6.07, 6.45) is 0. The Hall–Kier alpha value is -3.40. The molecule has 0 saturated heterocycles. The molecule has 0 unspecified atom stereocenters. The van der Waals surface area contributed by atoms with Crippen molar-refractivity contribution in [2.45, 2.75) is 5.54 Å². The largest absolute Gasteiger partial charge is 0.508 e. The van der Waals surface area contributed by atoms with Crippen molar-refractivity contribution in [1.29, 1.82) is 0 Å². The second kappa shape index (κ2) is 5.91. The number of benzene rings is 3. The van der Waals surface area contributed by atoms with Crippen LogP contribution in [0.1, 0.15) is 16.7 Å². The Morgan fingerprint density at radius 1 is 0.760 bits per heavy atom. The van der Waals surface area contributed by atoms with Gasteiger partial charge in [-0.3, -0.25) is 4.79 Å². The number of aliphatic imine (C=N–C) groups is 1. The van der Waals surface area contributed by atoms with Crippen LogP contribution in [0, 0.1) is 0 Å². The Balaban J connectivity index is 1.92. The van der Waals surface area contributed by atoms with Crippen molar-refractivity contribution in [2.24, 2.45) is 4.99 Å². The first kappa shape index (κ1) is 15.1. The SMILES string of the molecule is O=C1NC(c2ccc(O)cc2)=NC1(c1ccccc1)c1ccccc1. The first-order valence-corrected chi connectivity index (χ1v) is 8.02. The second-order valence-electron chi connectivity index (χ2n) is 5.90. The van der Waals surface area contributed by atoms with E-state index in [-0.39, 0.29) is 11.7 Å². The number of amides is 1. The van der Waals surface area contributed by atoms with Gasteiger partial charge < -0.3 is 10.4 Å². The van der Waals surface area contributed by atoms with Gasteiger partial charge in [-0.1, -0.05) is 60.7 Å². The van der Waals surface area contributed by atoms with Gasteiger partial charge in [-0.25, -0.2) is 4.99 Å². The molecule has 0 fully saturated rings. The lowest BCUT2D eigenvalue weighted by Crippen LogP contribution is -2.38. The van der Waals surface area contributed by atoms with Crippen LogP contribution >= 0.6 is 0 Å². The van der Waals surface area contributed by atoms with E-state index in [0.29, 0.717) is 5.84 Å². The molecule has 1 aliphatic rings. The molecule has 0 radical (unpaired) electrons. The van der Waals surface area contributed by atoms with Gasteiger partial charge in [0.25, 0.3) is 5.91 Å². The van der Waals surface area contributed by atoms with E-state index in [2.05, 4.69) is 5.32 Å². The van der Waals surface area contributed by atoms with Crippen LogP contribution in [0.25, 0.3) is 0 Å². The number of carbonyl (C=O) groups excluding carboxylic acids is 1. The summed E-state index contributed by atoms with van der Waals surface area (Å²) in [4.78, 5) is 17.9. The minimum Gasteiger partial charge on any atom is -0.508 e. The molecule has 4 nitrogen and oxygen atoms in total. The van der Waals surface area contributed by atoms with Crippen molar-refractivity contribution in [1.82, 2.24) is 5.32 Å². The summed E-state index contributed by atoms with van der Waals surface area (Å²) in [7, 11) is 0. The predicted octanol–water partition coefficient (Wildman–Crippen LogP) is 3.21. The molecule has 4 heteroatoms. The quantitative estimate of drug-likeness (QED) is 0.775. The van der Waals surface area contributed by atoms with Gasteiger partial charge in [-0.2, -0.15) is 0 Å². The lowest BCUT2D eigenvalue weighted by molar-refractivity contribution is -0.122. The smallest absolute Gasteiger partial charge is 0.262 e. The molecule has 1 heterocycles. The average molecular weight is 328 g/mol. The number of hydrogen-bond acceptors (Lipinski definition) is 3. The zero-order chi connectivity index (χ0) is 17.3. The molecule has 0 atom stereocenters. The summed E-state index contributed by atoms with van der Waals surface area (Å²) in [6, 6.07) is 25.7. The molecule has 122 valence electrons. The number of phenols is 1. The lowest BCUT2D eigenvalue weighted by Gasteiger charge is -2.24. The van der Waals surface area contributed by atoms with Gasteiger partial charge in [0.1, 0.15) is 11.6 Å². The summed E-state index contributed by atoms with van der Waals surface area (Å²) in [5.41, 5.74) is 1.26. The molecule has 1 aliphatic heterocycles. The van der Waals surface area contributed by atoms with Crippen LogP contribution in [0.15, 0.2) is 89.9 Å². The second-order valence-corrected chi connectivity index (χ2v) is 5.90. The van der Waals surface area contributed by atoms with E-state index in [0.717, 1.165) is 16.7 Å². The van der Waals surface area contributed by atoms with Crippen LogP contribution < -0.4 is 5.32 Å². The maximum absolute atomic E-state index is 13.1. The zero-order valence-corrected chi connectivity index (χ0v) is 13.4. The highest BCUT2D eigenvalue weighted by molar-refractivity contribution is 6.16. The zero-order valence-electron chi connectivity index (χ0n) is 13.4. The molecule has 0 spiro atoms. The van der Waals surface area contributed by atoms with Crippen LogP contribution in [0.2, 0.25) is 0 Å². The van der Waals surface area contributed by atoms with Gasteiger partial charge in [0.15, 0.2) is 5.54 Å². The highest BCUT2D eigenvalue weighted by atomic mass is 16.3. The molecule has 0 bridgehead atoms.